The maximum atomic E-state index is 10.6. The fourth-order valence-electron chi connectivity index (χ4n) is 1.04. The fourth-order valence-corrected chi connectivity index (χ4v) is 1.17. The van der Waals surface area contributed by atoms with Gasteiger partial charge in [-0.3, -0.25) is 4.79 Å². The monoisotopic (exact) mass is 198 g/mol. The zero-order chi connectivity index (χ0) is 9.84. The number of primary amides is 1. The molecule has 1 atom stereocenters. The molecule has 13 heavy (non-hydrogen) atoms. The molecule has 1 aromatic rings. The molecule has 0 aliphatic carbocycles. The van der Waals surface area contributed by atoms with Crippen LogP contribution in [0.25, 0.3) is 0 Å². The fraction of sp³-hybridized carbons (Fsp3) is 0.222. The van der Waals surface area contributed by atoms with E-state index in [2.05, 4.69) is 0 Å². The van der Waals surface area contributed by atoms with Gasteiger partial charge in [-0.05, 0) is 17.7 Å². The van der Waals surface area contributed by atoms with Crippen molar-refractivity contribution in [1.29, 1.82) is 0 Å². The van der Waals surface area contributed by atoms with Crippen molar-refractivity contribution in [3.05, 3.63) is 34.9 Å². The van der Waals surface area contributed by atoms with Crippen LogP contribution in [0.3, 0.4) is 0 Å². The summed E-state index contributed by atoms with van der Waals surface area (Å²) < 4.78 is 0. The van der Waals surface area contributed by atoms with E-state index in [4.69, 9.17) is 23.1 Å². The highest BCUT2D eigenvalue weighted by molar-refractivity contribution is 6.30. The van der Waals surface area contributed by atoms with Gasteiger partial charge in [-0.15, -0.1) is 0 Å². The Morgan fingerprint density at radius 2 is 1.92 bits per heavy atom. The van der Waals surface area contributed by atoms with E-state index >= 15 is 0 Å². The Morgan fingerprint density at radius 1 is 1.38 bits per heavy atom. The summed E-state index contributed by atoms with van der Waals surface area (Å²) in [4.78, 5) is 10.6. The third-order valence-corrected chi connectivity index (χ3v) is 1.97. The van der Waals surface area contributed by atoms with Gasteiger partial charge in [0.1, 0.15) is 0 Å². The molecule has 3 nitrogen and oxygen atoms in total. The minimum atomic E-state index is -0.401. The lowest BCUT2D eigenvalue weighted by Crippen LogP contribution is -2.20. The van der Waals surface area contributed by atoms with Gasteiger partial charge in [0.05, 0.1) is 0 Å². The van der Waals surface area contributed by atoms with Crippen LogP contribution in [0.1, 0.15) is 18.0 Å². The first kappa shape index (κ1) is 10.0. The van der Waals surface area contributed by atoms with Crippen LogP contribution in [-0.4, -0.2) is 5.91 Å². The molecule has 4 N–H and O–H groups in total. The minimum Gasteiger partial charge on any atom is -0.370 e. The molecule has 1 rings (SSSR count). The van der Waals surface area contributed by atoms with E-state index in [9.17, 15) is 4.79 Å². The van der Waals surface area contributed by atoms with Crippen LogP contribution in [0.15, 0.2) is 24.3 Å². The number of rotatable bonds is 3. The number of hydrogen-bond donors (Lipinski definition) is 2. The predicted octanol–water partition coefficient (Wildman–Crippen LogP) is 1.22. The SMILES string of the molecule is NC(=O)C[C@@H](N)c1ccc(Cl)cc1. The molecular formula is C9H11ClN2O. The number of halogens is 1. The van der Waals surface area contributed by atoms with Crippen LogP contribution in [-0.2, 0) is 4.79 Å². The Kier molecular flexibility index (Phi) is 3.28. The Balaban J connectivity index is 2.71. The van der Waals surface area contributed by atoms with Crippen molar-refractivity contribution in [3.8, 4) is 0 Å². The summed E-state index contributed by atoms with van der Waals surface area (Å²) in [6.45, 7) is 0. The van der Waals surface area contributed by atoms with Gasteiger partial charge in [-0.2, -0.15) is 0 Å². The lowest BCUT2D eigenvalue weighted by Gasteiger charge is -2.09. The van der Waals surface area contributed by atoms with Crippen LogP contribution in [0, 0.1) is 0 Å². The lowest BCUT2D eigenvalue weighted by atomic mass is 10.1. The van der Waals surface area contributed by atoms with E-state index in [1.165, 1.54) is 0 Å². The van der Waals surface area contributed by atoms with Gasteiger partial charge in [0.15, 0.2) is 0 Å². The summed E-state index contributed by atoms with van der Waals surface area (Å²) in [5, 5.41) is 0.648. The second-order valence-corrected chi connectivity index (χ2v) is 3.26. The first-order valence-corrected chi connectivity index (χ1v) is 4.26. The zero-order valence-electron chi connectivity index (χ0n) is 7.03. The number of amides is 1. The Hall–Kier alpha value is -1.06. The molecule has 0 aliphatic heterocycles. The molecule has 1 aromatic carbocycles. The second kappa shape index (κ2) is 4.25. The van der Waals surface area contributed by atoms with Crippen LogP contribution >= 0.6 is 11.6 Å². The van der Waals surface area contributed by atoms with E-state index in [0.29, 0.717) is 5.02 Å². The van der Waals surface area contributed by atoms with Crippen molar-refractivity contribution < 1.29 is 4.79 Å². The Bertz CT molecular complexity index is 297. The molecule has 0 fully saturated rings. The molecule has 0 heterocycles. The van der Waals surface area contributed by atoms with Gasteiger partial charge >= 0.3 is 0 Å². The average Bonchev–Trinajstić information content (AvgIpc) is 2.04. The zero-order valence-corrected chi connectivity index (χ0v) is 7.79. The van der Waals surface area contributed by atoms with Crippen molar-refractivity contribution in [2.24, 2.45) is 11.5 Å². The molecule has 70 valence electrons. The molecule has 0 bridgehead atoms. The van der Waals surface area contributed by atoms with E-state index in [1.807, 2.05) is 0 Å². The molecule has 0 saturated heterocycles. The average molecular weight is 199 g/mol. The lowest BCUT2D eigenvalue weighted by molar-refractivity contribution is -0.118. The van der Waals surface area contributed by atoms with Crippen molar-refractivity contribution in [3.63, 3.8) is 0 Å². The normalized spacial score (nSPS) is 12.5. The smallest absolute Gasteiger partial charge is 0.219 e. The largest absolute Gasteiger partial charge is 0.370 e. The molecule has 0 saturated carbocycles. The number of nitrogens with two attached hydrogens (primary N) is 2. The topological polar surface area (TPSA) is 69.1 Å². The minimum absolute atomic E-state index is 0.154. The number of benzene rings is 1. The van der Waals surface area contributed by atoms with E-state index in [0.717, 1.165) is 5.56 Å². The molecule has 0 unspecified atom stereocenters. The first-order valence-electron chi connectivity index (χ1n) is 3.89. The molecule has 0 spiro atoms. The third-order valence-electron chi connectivity index (χ3n) is 1.72. The van der Waals surface area contributed by atoms with Crippen LogP contribution in [0.4, 0.5) is 0 Å². The molecule has 0 aliphatic rings. The molecular weight excluding hydrogens is 188 g/mol. The quantitative estimate of drug-likeness (QED) is 0.767. The van der Waals surface area contributed by atoms with Gasteiger partial charge in [0.2, 0.25) is 5.91 Å². The van der Waals surface area contributed by atoms with E-state index in [-0.39, 0.29) is 12.5 Å². The molecule has 0 radical (unpaired) electrons. The van der Waals surface area contributed by atoms with Crippen LogP contribution in [0.2, 0.25) is 5.02 Å². The van der Waals surface area contributed by atoms with Crippen molar-refractivity contribution in [1.82, 2.24) is 0 Å². The van der Waals surface area contributed by atoms with Crippen LogP contribution in [0.5, 0.6) is 0 Å². The maximum absolute atomic E-state index is 10.6. The molecule has 4 heteroatoms. The molecule has 1 amide bonds. The third kappa shape index (κ3) is 3.05. The summed E-state index contributed by atoms with van der Waals surface area (Å²) in [5.41, 5.74) is 11.6. The van der Waals surface area contributed by atoms with Crippen molar-refractivity contribution >= 4 is 17.5 Å². The Morgan fingerprint density at radius 3 is 2.38 bits per heavy atom. The standard InChI is InChI=1S/C9H11ClN2O/c10-7-3-1-6(2-4-7)8(11)5-9(12)13/h1-4,8H,5,11H2,(H2,12,13)/t8-/m1/s1. The van der Waals surface area contributed by atoms with Gasteiger partial charge in [0, 0.05) is 17.5 Å². The number of hydrogen-bond acceptors (Lipinski definition) is 2. The predicted molar refractivity (Wildman–Crippen MR) is 52.2 cm³/mol. The second-order valence-electron chi connectivity index (χ2n) is 2.83. The van der Waals surface area contributed by atoms with Crippen molar-refractivity contribution in [2.45, 2.75) is 12.5 Å². The van der Waals surface area contributed by atoms with Crippen LogP contribution < -0.4 is 11.5 Å². The van der Waals surface area contributed by atoms with Crippen molar-refractivity contribution in [2.75, 3.05) is 0 Å². The summed E-state index contributed by atoms with van der Waals surface area (Å²) in [6, 6.07) is 6.70. The summed E-state index contributed by atoms with van der Waals surface area (Å²) in [7, 11) is 0. The van der Waals surface area contributed by atoms with Gasteiger partial charge in [-0.1, -0.05) is 23.7 Å². The highest BCUT2D eigenvalue weighted by Crippen LogP contribution is 2.16. The highest BCUT2D eigenvalue weighted by Gasteiger charge is 2.08. The summed E-state index contributed by atoms with van der Waals surface area (Å²) >= 11 is 5.69. The first-order chi connectivity index (χ1) is 6.09. The Labute approximate surface area is 81.7 Å². The van der Waals surface area contributed by atoms with E-state index < -0.39 is 5.91 Å². The maximum Gasteiger partial charge on any atom is 0.219 e. The van der Waals surface area contributed by atoms with Gasteiger partial charge in [-0.25, -0.2) is 0 Å². The van der Waals surface area contributed by atoms with Gasteiger partial charge in [0.25, 0.3) is 0 Å². The summed E-state index contributed by atoms with van der Waals surface area (Å²) in [6.07, 6.45) is 0.154. The summed E-state index contributed by atoms with van der Waals surface area (Å²) in [5.74, 6) is -0.401. The van der Waals surface area contributed by atoms with Gasteiger partial charge < -0.3 is 11.5 Å². The highest BCUT2D eigenvalue weighted by atomic mass is 35.5. The van der Waals surface area contributed by atoms with E-state index in [1.54, 1.807) is 24.3 Å². The molecule has 0 aromatic heterocycles. The number of carbonyl (C=O) groups excluding carboxylic acids is 1. The number of carbonyl (C=O) groups is 1.